The summed E-state index contributed by atoms with van der Waals surface area (Å²) in [7, 11) is 1.30. The van der Waals surface area contributed by atoms with Crippen molar-refractivity contribution < 1.29 is 19.0 Å². The Labute approximate surface area is 74.5 Å². The van der Waals surface area contributed by atoms with Gasteiger partial charge in [0.15, 0.2) is 0 Å². The number of rotatable bonds is 7. The lowest BCUT2D eigenvalue weighted by Gasteiger charge is -2.16. The predicted octanol–water partition coefficient (Wildman–Crippen LogP) is -1.59. The number of nitrogens with one attached hydrogen (secondary N) is 1. The summed E-state index contributed by atoms with van der Waals surface area (Å²) >= 11 is 0. The molecule has 0 aliphatic heterocycles. The van der Waals surface area contributed by atoms with Gasteiger partial charge in [0.25, 0.3) is 0 Å². The summed E-state index contributed by atoms with van der Waals surface area (Å²) in [4.78, 5) is 16.9. The van der Waals surface area contributed by atoms with Crippen LogP contribution in [0.15, 0.2) is 0 Å². The molecule has 0 bridgehead atoms. The molecule has 0 radical (unpaired) electrons. The Morgan fingerprint density at radius 2 is 2.17 bits per heavy atom. The van der Waals surface area contributed by atoms with Gasteiger partial charge in [-0.25, -0.2) is 0 Å². The Bertz CT molecular complexity index is 101. The molecule has 0 aromatic carbocycles. The largest absolute Gasteiger partial charge is 0.383 e. The number of ether oxygens (including phenoxy) is 1. The van der Waals surface area contributed by atoms with Crippen molar-refractivity contribution in [3.63, 3.8) is 0 Å². The zero-order valence-electron chi connectivity index (χ0n) is 7.36. The van der Waals surface area contributed by atoms with Gasteiger partial charge in [-0.1, -0.05) is 0 Å². The lowest BCUT2D eigenvalue weighted by Crippen LogP contribution is -2.37. The van der Waals surface area contributed by atoms with E-state index < -0.39 is 8.60 Å². The molecular weight excluding hydrogens is 180 g/mol. The minimum atomic E-state index is -2.25. The van der Waals surface area contributed by atoms with Crippen molar-refractivity contribution >= 4 is 16.4 Å². The average Bonchev–Trinajstić information content (AvgIpc) is 2.01. The van der Waals surface area contributed by atoms with Gasteiger partial charge in [0, 0.05) is 7.11 Å². The number of hydrogen-bond donors (Lipinski definition) is 3. The molecule has 0 saturated heterocycles. The van der Waals surface area contributed by atoms with E-state index in [0.717, 1.165) is 6.44 Å². The first-order valence-corrected chi connectivity index (χ1v) is 4.90. The Hall–Kier alpha value is 0.295. The zero-order chi connectivity index (χ0) is 9.40. The monoisotopic (exact) mass is 195 g/mol. The summed E-state index contributed by atoms with van der Waals surface area (Å²) in [5.74, 6) is 0. The van der Waals surface area contributed by atoms with Crippen LogP contribution in [-0.2, 0) is 9.26 Å². The van der Waals surface area contributed by atoms with Gasteiger partial charge < -0.3 is 24.4 Å². The Morgan fingerprint density at radius 3 is 2.58 bits per heavy atom. The lowest BCUT2D eigenvalue weighted by atomic mass is 10.1. The van der Waals surface area contributed by atoms with Crippen LogP contribution in [0.3, 0.4) is 0 Å². The van der Waals surface area contributed by atoms with Crippen molar-refractivity contribution in [3.8, 4) is 0 Å². The van der Waals surface area contributed by atoms with E-state index >= 15 is 0 Å². The maximum atomic E-state index is 8.47. The molecule has 7 heteroatoms. The highest BCUT2D eigenvalue weighted by molar-refractivity contribution is 7.39. The Morgan fingerprint density at radius 1 is 1.50 bits per heavy atom. The van der Waals surface area contributed by atoms with Crippen molar-refractivity contribution in [2.45, 2.75) is 6.04 Å². The fraction of sp³-hybridized carbons (Fsp3) is 1.00. The van der Waals surface area contributed by atoms with Crippen LogP contribution in [0.25, 0.3) is 0 Å². The first-order valence-electron chi connectivity index (χ1n) is 3.73. The molecule has 1 atom stereocenters. The Balaban J connectivity index is 3.48. The smallest absolute Gasteiger partial charge is 0.327 e. The van der Waals surface area contributed by atoms with E-state index in [-0.39, 0.29) is 12.6 Å². The van der Waals surface area contributed by atoms with Gasteiger partial charge in [-0.15, -0.1) is 0 Å². The van der Waals surface area contributed by atoms with Crippen LogP contribution >= 0.6 is 8.60 Å². The van der Waals surface area contributed by atoms with Gasteiger partial charge >= 0.3 is 8.60 Å². The minimum absolute atomic E-state index is 0.0179. The average molecular weight is 195 g/mol. The summed E-state index contributed by atoms with van der Waals surface area (Å²) in [5, 5.41) is 3.08. The molecule has 12 heavy (non-hydrogen) atoms. The molecule has 0 aromatic heterocycles. The van der Waals surface area contributed by atoms with Crippen LogP contribution in [0.2, 0.25) is 0 Å². The molecular formula is C5H15BNO4P. The molecule has 72 valence electrons. The standard InChI is InChI=1S/C5H15BNO4P/c1-10-2-5(7-4-6)3-11-12(8)9/h5,7-9H,2-4,6H2,1H3. The van der Waals surface area contributed by atoms with E-state index in [1.54, 1.807) is 7.11 Å². The van der Waals surface area contributed by atoms with Gasteiger partial charge in [0.1, 0.15) is 7.85 Å². The van der Waals surface area contributed by atoms with Gasteiger partial charge in [-0.3, -0.25) is 0 Å². The second-order valence-electron chi connectivity index (χ2n) is 2.26. The number of hydrogen-bond acceptors (Lipinski definition) is 5. The summed E-state index contributed by atoms with van der Waals surface area (Å²) in [6.45, 7) is 0.747. The van der Waals surface area contributed by atoms with E-state index in [1.165, 1.54) is 0 Å². The van der Waals surface area contributed by atoms with E-state index in [0.29, 0.717) is 6.61 Å². The summed E-state index contributed by atoms with van der Waals surface area (Å²) < 4.78 is 9.53. The molecule has 0 aliphatic carbocycles. The molecule has 0 amide bonds. The molecule has 0 rings (SSSR count). The van der Waals surface area contributed by atoms with Gasteiger partial charge in [0.2, 0.25) is 0 Å². The van der Waals surface area contributed by atoms with E-state index in [9.17, 15) is 0 Å². The second-order valence-corrected chi connectivity index (χ2v) is 3.02. The van der Waals surface area contributed by atoms with E-state index in [2.05, 4.69) is 9.84 Å². The fourth-order valence-corrected chi connectivity index (χ4v) is 1.13. The normalized spacial score (nSPS) is 13.7. The van der Waals surface area contributed by atoms with Crippen LogP contribution in [-0.4, -0.2) is 50.4 Å². The van der Waals surface area contributed by atoms with Crippen LogP contribution in [0.4, 0.5) is 0 Å². The Kier molecular flexibility index (Phi) is 8.11. The van der Waals surface area contributed by atoms with E-state index in [1.807, 2.05) is 7.85 Å². The van der Waals surface area contributed by atoms with Crippen LogP contribution in [0.1, 0.15) is 0 Å². The van der Waals surface area contributed by atoms with Gasteiger partial charge in [-0.2, -0.15) is 0 Å². The predicted molar refractivity (Wildman–Crippen MR) is 49.5 cm³/mol. The molecule has 5 nitrogen and oxygen atoms in total. The lowest BCUT2D eigenvalue weighted by molar-refractivity contribution is 0.132. The first-order chi connectivity index (χ1) is 5.70. The highest BCUT2D eigenvalue weighted by Gasteiger charge is 2.09. The molecule has 3 N–H and O–H groups in total. The van der Waals surface area contributed by atoms with Crippen molar-refractivity contribution in [1.82, 2.24) is 5.32 Å². The quantitative estimate of drug-likeness (QED) is 0.337. The highest BCUT2D eigenvalue weighted by atomic mass is 31.2. The molecule has 0 aliphatic rings. The molecule has 0 heterocycles. The van der Waals surface area contributed by atoms with Crippen molar-refractivity contribution in [3.05, 3.63) is 0 Å². The zero-order valence-corrected chi connectivity index (χ0v) is 8.25. The van der Waals surface area contributed by atoms with Crippen molar-refractivity contribution in [1.29, 1.82) is 0 Å². The third kappa shape index (κ3) is 6.97. The van der Waals surface area contributed by atoms with Crippen LogP contribution in [0.5, 0.6) is 0 Å². The highest BCUT2D eigenvalue weighted by Crippen LogP contribution is 2.23. The molecule has 0 fully saturated rings. The van der Waals surface area contributed by atoms with E-state index in [4.69, 9.17) is 14.5 Å². The fourth-order valence-electron chi connectivity index (χ4n) is 0.812. The summed E-state index contributed by atoms with van der Waals surface area (Å²) in [6.07, 6.45) is 0.798. The molecule has 0 spiro atoms. The topological polar surface area (TPSA) is 71.0 Å². The third-order valence-corrected chi connectivity index (χ3v) is 1.63. The molecule has 0 aromatic rings. The van der Waals surface area contributed by atoms with Gasteiger partial charge in [0.05, 0.1) is 19.3 Å². The van der Waals surface area contributed by atoms with Crippen molar-refractivity contribution in [2.75, 3.05) is 26.8 Å². The second kappa shape index (κ2) is 7.92. The number of methoxy groups -OCH3 is 1. The van der Waals surface area contributed by atoms with Crippen LogP contribution in [0, 0.1) is 0 Å². The SMILES string of the molecule is BCNC(COC)COP(O)O. The third-order valence-electron chi connectivity index (χ3n) is 1.25. The maximum absolute atomic E-state index is 8.47. The maximum Gasteiger partial charge on any atom is 0.327 e. The first kappa shape index (κ1) is 12.3. The van der Waals surface area contributed by atoms with Crippen LogP contribution < -0.4 is 5.32 Å². The van der Waals surface area contributed by atoms with Crippen molar-refractivity contribution in [2.24, 2.45) is 0 Å². The summed E-state index contributed by atoms with van der Waals surface area (Å²) in [5.41, 5.74) is 0. The molecule has 0 saturated carbocycles. The minimum Gasteiger partial charge on any atom is -0.383 e. The summed E-state index contributed by atoms with van der Waals surface area (Å²) in [6, 6.07) is 0.0179. The molecule has 1 unspecified atom stereocenters. The van der Waals surface area contributed by atoms with Gasteiger partial charge in [-0.05, 0) is 6.44 Å².